The van der Waals surface area contributed by atoms with Crippen LogP contribution in [0.25, 0.3) is 0 Å². The Morgan fingerprint density at radius 3 is 2.61 bits per heavy atom. The molecule has 1 saturated carbocycles. The average molecular weight is 383 g/mol. The van der Waals surface area contributed by atoms with Crippen LogP contribution in [0, 0.1) is 19.8 Å². The predicted octanol–water partition coefficient (Wildman–Crippen LogP) is 3.58. The van der Waals surface area contributed by atoms with Crippen LogP contribution in [-0.2, 0) is 11.3 Å². The number of hydrogen-bond donors (Lipinski definition) is 3. The number of pyridine rings is 1. The van der Waals surface area contributed by atoms with Gasteiger partial charge in [0.1, 0.15) is 5.75 Å². The predicted molar refractivity (Wildman–Crippen MR) is 112 cm³/mol. The molecule has 1 heterocycles. The standard InChI is InChI=1S/C22H30N4O2/c1-14-4-7-18(10-21(14)28-3)26-22(27)16-5-8-17(9-6-16)25-12-19-15(2)11-24-13-20(19)23/h4,7,10-11,13,16-17,25H,5-6,8-9,12,23H2,1-3H3,(H,26,27). The number of aryl methyl sites for hydroxylation is 2. The lowest BCUT2D eigenvalue weighted by Gasteiger charge is -2.29. The van der Waals surface area contributed by atoms with Gasteiger partial charge >= 0.3 is 0 Å². The first-order valence-corrected chi connectivity index (χ1v) is 9.85. The zero-order chi connectivity index (χ0) is 20.1. The van der Waals surface area contributed by atoms with Crippen molar-refractivity contribution in [1.82, 2.24) is 10.3 Å². The Hall–Kier alpha value is -2.60. The molecule has 1 fully saturated rings. The minimum absolute atomic E-state index is 0.0538. The third kappa shape index (κ3) is 4.81. The van der Waals surface area contributed by atoms with Gasteiger partial charge in [0.15, 0.2) is 0 Å². The van der Waals surface area contributed by atoms with Crippen LogP contribution in [0.2, 0.25) is 0 Å². The summed E-state index contributed by atoms with van der Waals surface area (Å²) in [7, 11) is 1.64. The largest absolute Gasteiger partial charge is 0.496 e. The number of carbonyl (C=O) groups excluding carboxylic acids is 1. The molecular formula is C22H30N4O2. The maximum absolute atomic E-state index is 12.6. The van der Waals surface area contributed by atoms with Crippen LogP contribution in [0.1, 0.15) is 42.4 Å². The Bertz CT molecular complexity index is 809. The summed E-state index contributed by atoms with van der Waals surface area (Å²) in [5, 5.41) is 6.63. The molecule has 0 saturated heterocycles. The van der Waals surface area contributed by atoms with E-state index in [0.29, 0.717) is 6.04 Å². The molecule has 0 bridgehead atoms. The number of benzene rings is 1. The summed E-state index contributed by atoms with van der Waals surface area (Å²) < 4.78 is 5.33. The zero-order valence-electron chi connectivity index (χ0n) is 16.9. The summed E-state index contributed by atoms with van der Waals surface area (Å²) >= 11 is 0. The van der Waals surface area contributed by atoms with E-state index in [1.807, 2.05) is 38.2 Å². The molecule has 0 radical (unpaired) electrons. The highest BCUT2D eigenvalue weighted by atomic mass is 16.5. The smallest absolute Gasteiger partial charge is 0.227 e. The van der Waals surface area contributed by atoms with Crippen molar-refractivity contribution in [1.29, 1.82) is 0 Å². The highest BCUT2D eigenvalue weighted by Gasteiger charge is 2.26. The van der Waals surface area contributed by atoms with Crippen LogP contribution in [-0.4, -0.2) is 24.0 Å². The van der Waals surface area contributed by atoms with Crippen molar-refractivity contribution in [3.63, 3.8) is 0 Å². The first-order chi connectivity index (χ1) is 13.5. The topological polar surface area (TPSA) is 89.3 Å². The number of carbonyl (C=O) groups is 1. The molecule has 0 unspecified atom stereocenters. The van der Waals surface area contributed by atoms with Gasteiger partial charge in [0.05, 0.1) is 19.0 Å². The number of aromatic nitrogens is 1. The van der Waals surface area contributed by atoms with Crippen molar-refractivity contribution in [2.75, 3.05) is 18.2 Å². The number of hydrogen-bond acceptors (Lipinski definition) is 5. The molecule has 4 N–H and O–H groups in total. The summed E-state index contributed by atoms with van der Waals surface area (Å²) in [4.78, 5) is 16.7. The fraction of sp³-hybridized carbons (Fsp3) is 0.455. The van der Waals surface area contributed by atoms with Crippen molar-refractivity contribution in [2.45, 2.75) is 52.1 Å². The summed E-state index contributed by atoms with van der Waals surface area (Å²) in [5.41, 5.74) is 10.8. The number of nitrogens with two attached hydrogens (primary N) is 1. The Labute approximate surface area is 166 Å². The molecule has 1 amide bonds. The number of anilines is 2. The van der Waals surface area contributed by atoms with Crippen molar-refractivity contribution >= 4 is 17.3 Å². The molecule has 6 heteroatoms. The number of ether oxygens (including phenoxy) is 1. The second-order valence-electron chi connectivity index (χ2n) is 7.63. The Kier molecular flexibility index (Phi) is 6.52. The van der Waals surface area contributed by atoms with Crippen molar-refractivity contribution in [2.24, 2.45) is 5.92 Å². The van der Waals surface area contributed by atoms with E-state index >= 15 is 0 Å². The van der Waals surface area contributed by atoms with Gasteiger partial charge in [0.25, 0.3) is 0 Å². The Morgan fingerprint density at radius 2 is 1.93 bits per heavy atom. The van der Waals surface area contributed by atoms with E-state index in [1.54, 1.807) is 13.3 Å². The van der Waals surface area contributed by atoms with E-state index in [2.05, 4.69) is 15.6 Å². The van der Waals surface area contributed by atoms with Gasteiger partial charge < -0.3 is 21.1 Å². The second kappa shape index (κ2) is 9.06. The van der Waals surface area contributed by atoms with Gasteiger partial charge in [0, 0.05) is 36.5 Å². The molecule has 1 aromatic heterocycles. The quantitative estimate of drug-likeness (QED) is 0.711. The molecule has 150 valence electrons. The molecule has 1 aliphatic carbocycles. The SMILES string of the molecule is COc1cc(NC(=O)C2CCC(NCc3c(C)cncc3N)CC2)ccc1C. The molecule has 6 nitrogen and oxygen atoms in total. The van der Waals surface area contributed by atoms with E-state index < -0.39 is 0 Å². The molecule has 0 spiro atoms. The normalized spacial score (nSPS) is 19.2. The van der Waals surface area contributed by atoms with Crippen LogP contribution in [0.3, 0.4) is 0 Å². The maximum Gasteiger partial charge on any atom is 0.227 e. The minimum atomic E-state index is 0.0538. The van der Waals surface area contributed by atoms with Gasteiger partial charge in [-0.1, -0.05) is 6.07 Å². The number of nitrogens with one attached hydrogen (secondary N) is 2. The van der Waals surface area contributed by atoms with Gasteiger partial charge in [-0.2, -0.15) is 0 Å². The third-order valence-corrected chi connectivity index (χ3v) is 5.65. The summed E-state index contributed by atoms with van der Waals surface area (Å²) in [6, 6.07) is 6.17. The summed E-state index contributed by atoms with van der Waals surface area (Å²) in [6.45, 7) is 4.76. The number of nitrogens with zero attached hydrogens (tertiary/aromatic N) is 1. The van der Waals surface area contributed by atoms with Crippen molar-refractivity contribution in [3.05, 3.63) is 47.3 Å². The van der Waals surface area contributed by atoms with Crippen LogP contribution in [0.15, 0.2) is 30.6 Å². The third-order valence-electron chi connectivity index (χ3n) is 5.65. The molecule has 28 heavy (non-hydrogen) atoms. The second-order valence-corrected chi connectivity index (χ2v) is 7.63. The molecule has 1 aliphatic rings. The van der Waals surface area contributed by atoms with Gasteiger partial charge in [-0.15, -0.1) is 0 Å². The molecular weight excluding hydrogens is 352 g/mol. The fourth-order valence-electron chi connectivity index (χ4n) is 3.80. The maximum atomic E-state index is 12.6. The Balaban J connectivity index is 1.49. The Morgan fingerprint density at radius 1 is 1.18 bits per heavy atom. The average Bonchev–Trinajstić information content (AvgIpc) is 2.69. The molecule has 2 aromatic rings. The van der Waals surface area contributed by atoms with Crippen LogP contribution < -0.4 is 21.1 Å². The van der Waals surface area contributed by atoms with Crippen LogP contribution in [0.4, 0.5) is 11.4 Å². The van der Waals surface area contributed by atoms with Crippen molar-refractivity contribution < 1.29 is 9.53 Å². The number of rotatable bonds is 6. The number of amides is 1. The highest BCUT2D eigenvalue weighted by Crippen LogP contribution is 2.28. The van der Waals surface area contributed by atoms with E-state index in [4.69, 9.17) is 10.5 Å². The summed E-state index contributed by atoms with van der Waals surface area (Å²) in [5.74, 6) is 0.938. The molecule has 1 aromatic carbocycles. The van der Waals surface area contributed by atoms with E-state index in [0.717, 1.165) is 66.0 Å². The van der Waals surface area contributed by atoms with E-state index in [1.165, 1.54) is 0 Å². The fourth-order valence-corrected chi connectivity index (χ4v) is 3.80. The monoisotopic (exact) mass is 382 g/mol. The van der Waals surface area contributed by atoms with E-state index in [9.17, 15) is 4.79 Å². The molecule has 0 atom stereocenters. The first-order valence-electron chi connectivity index (χ1n) is 9.85. The number of nitrogen functional groups attached to an aromatic ring is 1. The van der Waals surface area contributed by atoms with Gasteiger partial charge in [0.2, 0.25) is 5.91 Å². The highest BCUT2D eigenvalue weighted by molar-refractivity contribution is 5.92. The molecule has 0 aliphatic heterocycles. The van der Waals surface area contributed by atoms with Crippen LogP contribution in [0.5, 0.6) is 5.75 Å². The minimum Gasteiger partial charge on any atom is -0.496 e. The number of methoxy groups -OCH3 is 1. The lowest BCUT2D eigenvalue weighted by atomic mass is 9.85. The van der Waals surface area contributed by atoms with E-state index in [-0.39, 0.29) is 11.8 Å². The lowest BCUT2D eigenvalue weighted by molar-refractivity contribution is -0.120. The lowest BCUT2D eigenvalue weighted by Crippen LogP contribution is -2.36. The molecule has 3 rings (SSSR count). The van der Waals surface area contributed by atoms with Gasteiger partial charge in [-0.05, 0) is 62.3 Å². The van der Waals surface area contributed by atoms with Gasteiger partial charge in [-0.25, -0.2) is 0 Å². The van der Waals surface area contributed by atoms with Crippen LogP contribution >= 0.6 is 0 Å². The van der Waals surface area contributed by atoms with Gasteiger partial charge in [-0.3, -0.25) is 9.78 Å². The van der Waals surface area contributed by atoms with Crippen molar-refractivity contribution in [3.8, 4) is 5.75 Å². The first kappa shape index (κ1) is 20.1. The summed E-state index contributed by atoms with van der Waals surface area (Å²) in [6.07, 6.45) is 7.29. The zero-order valence-corrected chi connectivity index (χ0v) is 16.9.